The van der Waals surface area contributed by atoms with Crippen molar-refractivity contribution in [3.63, 3.8) is 0 Å². The third-order valence-electron chi connectivity index (χ3n) is 4.10. The van der Waals surface area contributed by atoms with Crippen molar-refractivity contribution in [3.8, 4) is 0 Å². The highest BCUT2D eigenvalue weighted by Gasteiger charge is 2.39. The van der Waals surface area contributed by atoms with Crippen molar-refractivity contribution in [3.05, 3.63) is 0 Å². The molecule has 2 fully saturated rings. The first-order valence-corrected chi connectivity index (χ1v) is 6.81. The summed E-state index contributed by atoms with van der Waals surface area (Å²) in [6, 6.07) is 0.675. The summed E-state index contributed by atoms with van der Waals surface area (Å²) in [4.78, 5) is 0. The molecule has 0 aromatic heterocycles. The molecule has 0 amide bonds. The lowest BCUT2D eigenvalue weighted by Gasteiger charge is -2.26. The summed E-state index contributed by atoms with van der Waals surface area (Å²) in [5.41, 5.74) is 0. The van der Waals surface area contributed by atoms with E-state index in [-0.39, 0.29) is 12.6 Å². The van der Waals surface area contributed by atoms with E-state index in [1.165, 1.54) is 25.7 Å². The summed E-state index contributed by atoms with van der Waals surface area (Å²) in [6.45, 7) is 2.20. The highest BCUT2D eigenvalue weighted by molar-refractivity contribution is 7.80. The fourth-order valence-corrected chi connectivity index (χ4v) is 3.41. The maximum Gasteiger partial charge on any atom is 0.166 e. The van der Waals surface area contributed by atoms with Crippen molar-refractivity contribution in [2.24, 2.45) is 11.8 Å². The molecular formula is C12H22N2OS. The normalized spacial score (nSPS) is 33.8. The van der Waals surface area contributed by atoms with E-state index in [1.54, 1.807) is 0 Å². The zero-order valence-electron chi connectivity index (χ0n) is 9.91. The number of rotatable bonds is 4. The van der Waals surface area contributed by atoms with Crippen molar-refractivity contribution in [1.82, 2.24) is 10.6 Å². The third-order valence-corrected chi connectivity index (χ3v) is 4.34. The smallest absolute Gasteiger partial charge is 0.166 e. The summed E-state index contributed by atoms with van der Waals surface area (Å²) in [5.74, 6) is 1.77. The fourth-order valence-electron chi connectivity index (χ4n) is 3.09. The van der Waals surface area contributed by atoms with Crippen LogP contribution in [0, 0.1) is 11.8 Å². The zero-order valence-corrected chi connectivity index (χ0v) is 10.7. The first-order chi connectivity index (χ1) is 7.72. The van der Waals surface area contributed by atoms with E-state index in [4.69, 9.17) is 17.3 Å². The molecule has 2 bridgehead atoms. The maximum absolute atomic E-state index is 9.09. The molecule has 3 nitrogen and oxygen atoms in total. The number of nitrogens with one attached hydrogen (secondary N) is 2. The summed E-state index contributed by atoms with van der Waals surface area (Å²) >= 11 is 5.28. The summed E-state index contributed by atoms with van der Waals surface area (Å²) < 4.78 is 0. The van der Waals surface area contributed by atoms with Crippen molar-refractivity contribution >= 4 is 17.3 Å². The number of aliphatic hydroxyl groups excluding tert-OH is 1. The van der Waals surface area contributed by atoms with Gasteiger partial charge in [-0.25, -0.2) is 0 Å². The van der Waals surface area contributed by atoms with E-state index in [1.807, 2.05) is 6.92 Å². The molecule has 3 N–H and O–H groups in total. The molecular weight excluding hydrogens is 220 g/mol. The van der Waals surface area contributed by atoms with Gasteiger partial charge in [0.05, 0.1) is 12.6 Å². The van der Waals surface area contributed by atoms with Gasteiger partial charge in [-0.1, -0.05) is 13.3 Å². The van der Waals surface area contributed by atoms with E-state index in [0.29, 0.717) is 6.04 Å². The van der Waals surface area contributed by atoms with Crippen LogP contribution < -0.4 is 10.6 Å². The average Bonchev–Trinajstić information content (AvgIpc) is 2.87. The second kappa shape index (κ2) is 5.32. The van der Waals surface area contributed by atoms with Crippen LogP contribution in [0.2, 0.25) is 0 Å². The topological polar surface area (TPSA) is 44.3 Å². The largest absolute Gasteiger partial charge is 0.394 e. The molecule has 0 saturated heterocycles. The maximum atomic E-state index is 9.09. The second-order valence-electron chi connectivity index (χ2n) is 5.19. The lowest BCUT2D eigenvalue weighted by Crippen LogP contribution is -2.48. The first kappa shape index (κ1) is 12.1. The molecule has 4 atom stereocenters. The van der Waals surface area contributed by atoms with Crippen molar-refractivity contribution in [2.75, 3.05) is 6.61 Å². The van der Waals surface area contributed by atoms with Crippen LogP contribution in [-0.2, 0) is 0 Å². The van der Waals surface area contributed by atoms with Crippen LogP contribution in [0.3, 0.4) is 0 Å². The Morgan fingerprint density at radius 3 is 2.75 bits per heavy atom. The molecule has 0 heterocycles. The molecule has 16 heavy (non-hydrogen) atoms. The number of aliphatic hydroxyl groups is 1. The Balaban J connectivity index is 1.75. The zero-order chi connectivity index (χ0) is 11.5. The van der Waals surface area contributed by atoms with Gasteiger partial charge < -0.3 is 15.7 Å². The molecule has 0 unspecified atom stereocenters. The Morgan fingerprint density at radius 2 is 2.25 bits per heavy atom. The average molecular weight is 242 g/mol. The van der Waals surface area contributed by atoms with Crippen LogP contribution in [0.25, 0.3) is 0 Å². The number of hydrogen-bond acceptors (Lipinski definition) is 2. The van der Waals surface area contributed by atoms with Gasteiger partial charge >= 0.3 is 0 Å². The number of thiocarbonyl (C=S) groups is 1. The van der Waals surface area contributed by atoms with Gasteiger partial charge in [-0.05, 0) is 49.7 Å². The Labute approximate surface area is 103 Å². The van der Waals surface area contributed by atoms with Gasteiger partial charge in [-0.2, -0.15) is 0 Å². The van der Waals surface area contributed by atoms with Crippen LogP contribution in [0.5, 0.6) is 0 Å². The summed E-state index contributed by atoms with van der Waals surface area (Å²) in [7, 11) is 0. The minimum Gasteiger partial charge on any atom is -0.394 e. The Bertz CT molecular complexity index is 255. The predicted octanol–water partition coefficient (Wildman–Crippen LogP) is 1.41. The van der Waals surface area contributed by atoms with Gasteiger partial charge in [0.25, 0.3) is 0 Å². The molecule has 0 aromatic rings. The Hall–Kier alpha value is -0.350. The standard InChI is InChI=1S/C12H22N2OS/c1-2-10(7-15)13-12(16)14-11-6-8-3-4-9(11)5-8/h8-11,15H,2-7H2,1H3,(H2,13,14,16)/t8-,9-,10-,11+/m0/s1. The highest BCUT2D eigenvalue weighted by Crippen LogP contribution is 2.44. The molecule has 0 radical (unpaired) electrons. The van der Waals surface area contributed by atoms with Crippen molar-refractivity contribution in [2.45, 2.75) is 51.1 Å². The molecule has 2 rings (SSSR count). The van der Waals surface area contributed by atoms with Crippen LogP contribution in [-0.4, -0.2) is 28.9 Å². The SMILES string of the molecule is CC[C@@H](CO)NC(=S)N[C@@H]1C[C@H]2CC[C@H]1C2. The number of fused-ring (bicyclic) bond motifs is 2. The highest BCUT2D eigenvalue weighted by atomic mass is 32.1. The minimum absolute atomic E-state index is 0.0959. The molecule has 2 saturated carbocycles. The Kier molecular flexibility index (Phi) is 4.03. The van der Waals surface area contributed by atoms with Gasteiger partial charge in [0.1, 0.15) is 0 Å². The lowest BCUT2D eigenvalue weighted by atomic mass is 9.95. The van der Waals surface area contributed by atoms with Crippen LogP contribution in [0.15, 0.2) is 0 Å². The molecule has 0 aliphatic heterocycles. The van der Waals surface area contributed by atoms with Crippen molar-refractivity contribution in [1.29, 1.82) is 0 Å². The molecule has 4 heteroatoms. The third kappa shape index (κ3) is 2.66. The van der Waals surface area contributed by atoms with Crippen molar-refractivity contribution < 1.29 is 5.11 Å². The van der Waals surface area contributed by atoms with E-state index in [9.17, 15) is 0 Å². The van der Waals surface area contributed by atoms with Gasteiger partial charge in [-0.15, -0.1) is 0 Å². The predicted molar refractivity (Wildman–Crippen MR) is 69.3 cm³/mol. The molecule has 0 aromatic carbocycles. The van der Waals surface area contributed by atoms with E-state index >= 15 is 0 Å². The second-order valence-corrected chi connectivity index (χ2v) is 5.60. The summed E-state index contributed by atoms with van der Waals surface area (Å²) in [6.07, 6.45) is 6.34. The van der Waals surface area contributed by atoms with Crippen LogP contribution in [0.1, 0.15) is 39.0 Å². The van der Waals surface area contributed by atoms with E-state index in [2.05, 4.69) is 10.6 Å². The lowest BCUT2D eigenvalue weighted by molar-refractivity contribution is 0.251. The van der Waals surface area contributed by atoms with E-state index < -0.39 is 0 Å². The Morgan fingerprint density at radius 1 is 1.44 bits per heavy atom. The monoisotopic (exact) mass is 242 g/mol. The first-order valence-electron chi connectivity index (χ1n) is 6.40. The van der Waals surface area contributed by atoms with E-state index in [0.717, 1.165) is 23.4 Å². The fraction of sp³-hybridized carbons (Fsp3) is 0.917. The summed E-state index contributed by atoms with van der Waals surface area (Å²) in [5, 5.41) is 16.4. The van der Waals surface area contributed by atoms with Gasteiger partial charge in [0, 0.05) is 6.04 Å². The van der Waals surface area contributed by atoms with Gasteiger partial charge in [0.2, 0.25) is 0 Å². The van der Waals surface area contributed by atoms with Crippen LogP contribution in [0.4, 0.5) is 0 Å². The molecule has 92 valence electrons. The van der Waals surface area contributed by atoms with Gasteiger partial charge in [-0.3, -0.25) is 0 Å². The minimum atomic E-state index is 0.0959. The van der Waals surface area contributed by atoms with Crippen LogP contribution >= 0.6 is 12.2 Å². The quantitative estimate of drug-likeness (QED) is 0.652. The molecule has 2 aliphatic rings. The van der Waals surface area contributed by atoms with Gasteiger partial charge in [0.15, 0.2) is 5.11 Å². The number of hydrogen-bond donors (Lipinski definition) is 3. The molecule has 2 aliphatic carbocycles. The molecule has 0 spiro atoms.